The highest BCUT2D eigenvalue weighted by Crippen LogP contribution is 2.29. The highest BCUT2D eigenvalue weighted by Gasteiger charge is 2.30. The molecule has 1 rings (SSSR count). The molecule has 0 fully saturated rings. The Balaban J connectivity index is 3.32. The Morgan fingerprint density at radius 3 is 2.18 bits per heavy atom. The van der Waals surface area contributed by atoms with Crippen molar-refractivity contribution in [3.8, 4) is 6.07 Å². The maximum absolute atomic E-state index is 13.0. The van der Waals surface area contributed by atoms with Gasteiger partial charge in [-0.2, -0.15) is 5.26 Å². The molecule has 0 aliphatic rings. The summed E-state index contributed by atoms with van der Waals surface area (Å²) in [5, 5.41) is 9.00. The number of hydrogen-bond donors (Lipinski definition) is 0. The van der Waals surface area contributed by atoms with E-state index >= 15 is 0 Å². The van der Waals surface area contributed by atoms with Crippen LogP contribution in [0.2, 0.25) is 0 Å². The first-order valence-electron chi connectivity index (χ1n) is 4.86. The average Bonchev–Trinajstić information content (AvgIpc) is 2.24. The van der Waals surface area contributed by atoms with E-state index in [4.69, 9.17) is 5.26 Å². The van der Waals surface area contributed by atoms with E-state index in [-0.39, 0.29) is 17.8 Å². The molecule has 0 saturated carbocycles. The number of carbonyl (C=O) groups excluding carboxylic acids is 1. The summed E-state index contributed by atoms with van der Waals surface area (Å²) in [6, 6.07) is 3.30. The Kier molecular flexibility index (Phi) is 3.56. The maximum atomic E-state index is 13.0. The lowest BCUT2D eigenvalue weighted by molar-refractivity contribution is -0.117. The Morgan fingerprint density at radius 1 is 1.35 bits per heavy atom. The van der Waals surface area contributed by atoms with Gasteiger partial charge < -0.3 is 0 Å². The minimum absolute atomic E-state index is 0.0494. The lowest BCUT2D eigenvalue weighted by atomic mass is 9.79. The number of benzene rings is 1. The van der Waals surface area contributed by atoms with Gasteiger partial charge in [-0.3, -0.25) is 4.79 Å². The third-order valence-electron chi connectivity index (χ3n) is 2.47. The molecule has 0 heterocycles. The fourth-order valence-corrected chi connectivity index (χ4v) is 1.58. The van der Waals surface area contributed by atoms with Crippen LogP contribution < -0.4 is 0 Å². The Hall–Kier alpha value is -1.83. The van der Waals surface area contributed by atoms with Crippen LogP contribution in [0.5, 0.6) is 0 Å². The normalized spacial score (nSPS) is 13.9. The molecule has 0 aromatic heterocycles. The van der Waals surface area contributed by atoms with E-state index in [1.54, 1.807) is 0 Å². The highest BCUT2D eigenvalue weighted by molar-refractivity contribution is 5.77. The van der Waals surface area contributed by atoms with E-state index in [1.807, 2.05) is 6.07 Å². The first kappa shape index (κ1) is 13.2. The van der Waals surface area contributed by atoms with Gasteiger partial charge in [-0.1, -0.05) is 0 Å². The second kappa shape index (κ2) is 4.58. The minimum Gasteiger partial charge on any atom is -0.300 e. The molecule has 1 aromatic carbocycles. The molecule has 0 aliphatic carbocycles. The van der Waals surface area contributed by atoms with E-state index in [0.717, 1.165) is 12.1 Å². The number of nitrogens with zero attached hydrogens (tertiary/aromatic N) is 1. The van der Waals surface area contributed by atoms with Gasteiger partial charge in [-0.05, 0) is 31.5 Å². The molecule has 0 bridgehead atoms. The monoisotopic (exact) mass is 241 g/mol. The number of hydrogen-bond acceptors (Lipinski definition) is 2. The standard InChI is InChI=1S/C12H10F3NO/c1-7(17)5-12(2,6-16)8-3-9(13)11(15)10(14)4-8/h3-4H,5H2,1-2H3. The van der Waals surface area contributed by atoms with E-state index in [2.05, 4.69) is 0 Å². The van der Waals surface area contributed by atoms with Crippen LogP contribution in [0.15, 0.2) is 12.1 Å². The zero-order chi connectivity index (χ0) is 13.2. The van der Waals surface area contributed by atoms with E-state index in [0.29, 0.717) is 0 Å². The first-order valence-corrected chi connectivity index (χ1v) is 4.86. The van der Waals surface area contributed by atoms with Gasteiger partial charge in [0.15, 0.2) is 17.5 Å². The summed E-state index contributed by atoms with van der Waals surface area (Å²) in [6.07, 6.45) is -0.186. The van der Waals surface area contributed by atoms with Crippen LogP contribution in [0, 0.1) is 28.8 Å². The number of Topliss-reactive ketones (excluding diaryl/α,β-unsaturated/α-hetero) is 1. The van der Waals surface area contributed by atoms with Crippen molar-refractivity contribution in [3.63, 3.8) is 0 Å². The molecular formula is C12H10F3NO. The van der Waals surface area contributed by atoms with Gasteiger partial charge in [0.1, 0.15) is 5.78 Å². The summed E-state index contributed by atoms with van der Waals surface area (Å²) in [4.78, 5) is 11.0. The van der Waals surface area contributed by atoms with Crippen molar-refractivity contribution in [1.29, 1.82) is 5.26 Å². The fourth-order valence-electron chi connectivity index (χ4n) is 1.58. The highest BCUT2D eigenvalue weighted by atomic mass is 19.2. The first-order chi connectivity index (χ1) is 7.80. The summed E-state index contributed by atoms with van der Waals surface area (Å²) < 4.78 is 38.8. The maximum Gasteiger partial charge on any atom is 0.194 e. The largest absolute Gasteiger partial charge is 0.300 e. The van der Waals surface area contributed by atoms with E-state index in [9.17, 15) is 18.0 Å². The van der Waals surface area contributed by atoms with Gasteiger partial charge in [-0.15, -0.1) is 0 Å². The zero-order valence-corrected chi connectivity index (χ0v) is 9.35. The molecule has 1 aromatic rings. The van der Waals surface area contributed by atoms with Gasteiger partial charge in [0, 0.05) is 6.42 Å². The van der Waals surface area contributed by atoms with Crippen molar-refractivity contribution in [1.82, 2.24) is 0 Å². The quantitative estimate of drug-likeness (QED) is 0.763. The summed E-state index contributed by atoms with van der Waals surface area (Å²) in [5.41, 5.74) is -1.41. The topological polar surface area (TPSA) is 40.9 Å². The molecular weight excluding hydrogens is 231 g/mol. The molecule has 0 radical (unpaired) electrons. The van der Waals surface area contributed by atoms with Crippen molar-refractivity contribution in [3.05, 3.63) is 35.1 Å². The Labute approximate surface area is 96.7 Å². The molecule has 1 unspecified atom stereocenters. The molecule has 0 aliphatic heterocycles. The molecule has 0 amide bonds. The molecule has 17 heavy (non-hydrogen) atoms. The van der Waals surface area contributed by atoms with E-state index in [1.165, 1.54) is 13.8 Å². The molecule has 0 spiro atoms. The molecule has 5 heteroatoms. The summed E-state index contributed by atoms with van der Waals surface area (Å²) in [5.74, 6) is -4.62. The molecule has 90 valence electrons. The number of nitriles is 1. The number of rotatable bonds is 3. The van der Waals surface area contributed by atoms with Crippen LogP contribution in [-0.4, -0.2) is 5.78 Å². The number of ketones is 1. The van der Waals surface area contributed by atoms with Gasteiger partial charge in [-0.25, -0.2) is 13.2 Å². The van der Waals surface area contributed by atoms with Crippen molar-refractivity contribution in [2.24, 2.45) is 0 Å². The molecule has 0 saturated heterocycles. The van der Waals surface area contributed by atoms with Crippen LogP contribution in [0.25, 0.3) is 0 Å². The van der Waals surface area contributed by atoms with Crippen molar-refractivity contribution in [2.75, 3.05) is 0 Å². The summed E-state index contributed by atoms with van der Waals surface area (Å²) >= 11 is 0. The van der Waals surface area contributed by atoms with Crippen LogP contribution in [0.1, 0.15) is 25.8 Å². The lowest BCUT2D eigenvalue weighted by Crippen LogP contribution is -2.23. The SMILES string of the molecule is CC(=O)CC(C)(C#N)c1cc(F)c(F)c(F)c1. The molecule has 0 N–H and O–H groups in total. The fraction of sp³-hybridized carbons (Fsp3) is 0.333. The van der Waals surface area contributed by atoms with Crippen molar-refractivity contribution < 1.29 is 18.0 Å². The minimum atomic E-state index is -1.59. The predicted octanol–water partition coefficient (Wildman–Crippen LogP) is 2.86. The number of carbonyl (C=O) groups is 1. The molecule has 1 atom stereocenters. The Morgan fingerprint density at radius 2 is 1.82 bits per heavy atom. The zero-order valence-electron chi connectivity index (χ0n) is 9.35. The van der Waals surface area contributed by atoms with Crippen LogP contribution in [-0.2, 0) is 10.2 Å². The lowest BCUT2D eigenvalue weighted by Gasteiger charge is -2.20. The van der Waals surface area contributed by atoms with E-state index < -0.39 is 22.9 Å². The third-order valence-corrected chi connectivity index (χ3v) is 2.47. The van der Waals surface area contributed by atoms with Crippen LogP contribution in [0.3, 0.4) is 0 Å². The number of halogens is 3. The smallest absolute Gasteiger partial charge is 0.194 e. The third kappa shape index (κ3) is 2.64. The van der Waals surface area contributed by atoms with Gasteiger partial charge in [0.25, 0.3) is 0 Å². The van der Waals surface area contributed by atoms with Crippen molar-refractivity contribution in [2.45, 2.75) is 25.7 Å². The average molecular weight is 241 g/mol. The van der Waals surface area contributed by atoms with Gasteiger partial charge >= 0.3 is 0 Å². The van der Waals surface area contributed by atoms with Gasteiger partial charge in [0.05, 0.1) is 11.5 Å². The van der Waals surface area contributed by atoms with Gasteiger partial charge in [0.2, 0.25) is 0 Å². The Bertz CT molecular complexity index is 484. The second-order valence-corrected chi connectivity index (χ2v) is 4.08. The van der Waals surface area contributed by atoms with Crippen LogP contribution in [0.4, 0.5) is 13.2 Å². The van der Waals surface area contributed by atoms with Crippen LogP contribution >= 0.6 is 0 Å². The summed E-state index contributed by atoms with van der Waals surface area (Å²) in [6.45, 7) is 2.65. The molecule has 2 nitrogen and oxygen atoms in total. The predicted molar refractivity (Wildman–Crippen MR) is 54.6 cm³/mol. The summed E-state index contributed by atoms with van der Waals surface area (Å²) in [7, 11) is 0. The van der Waals surface area contributed by atoms with Crippen molar-refractivity contribution >= 4 is 5.78 Å². The second-order valence-electron chi connectivity index (χ2n) is 4.08.